The van der Waals surface area contributed by atoms with Gasteiger partial charge in [0.2, 0.25) is 0 Å². The van der Waals surface area contributed by atoms with Crippen LogP contribution >= 0.6 is 0 Å². The van der Waals surface area contributed by atoms with Crippen LogP contribution in [0.25, 0.3) is 0 Å². The van der Waals surface area contributed by atoms with Gasteiger partial charge < -0.3 is 4.90 Å². The first kappa shape index (κ1) is 17.1. The molecular weight excluding hydrogens is 324 g/mol. The molecule has 0 N–H and O–H groups in total. The highest BCUT2D eigenvalue weighted by Gasteiger charge is 2.28. The van der Waals surface area contributed by atoms with Gasteiger partial charge in [-0.25, -0.2) is 8.78 Å². The fourth-order valence-electron chi connectivity index (χ4n) is 3.03. The van der Waals surface area contributed by atoms with Gasteiger partial charge in [-0.1, -0.05) is 24.3 Å². The van der Waals surface area contributed by atoms with Gasteiger partial charge in [-0.15, -0.1) is 0 Å². The predicted octanol–water partition coefficient (Wildman–Crippen LogP) is 2.99. The summed E-state index contributed by atoms with van der Waals surface area (Å²) in [5.41, 5.74) is 0.647. The minimum atomic E-state index is -0.687. The maximum absolute atomic E-state index is 14.0. The lowest BCUT2D eigenvalue weighted by molar-refractivity contribution is 0.0603. The molecule has 0 radical (unpaired) electrons. The Kier molecular flexibility index (Phi) is 5.05. The van der Waals surface area contributed by atoms with Crippen LogP contribution in [0.1, 0.15) is 22.0 Å². The second-order valence-electron chi connectivity index (χ2n) is 5.89. The Labute approximate surface area is 144 Å². The molecule has 0 spiro atoms. The predicted molar refractivity (Wildman–Crippen MR) is 88.6 cm³/mol. The van der Waals surface area contributed by atoms with Crippen molar-refractivity contribution < 1.29 is 13.6 Å². The molecule has 1 aliphatic heterocycles. The second kappa shape index (κ2) is 7.41. The third-order valence-corrected chi connectivity index (χ3v) is 4.36. The molecule has 1 unspecified atom stereocenters. The van der Waals surface area contributed by atoms with Crippen molar-refractivity contribution in [2.45, 2.75) is 6.04 Å². The molecule has 1 atom stereocenters. The molecule has 0 aromatic heterocycles. The number of halogens is 2. The van der Waals surface area contributed by atoms with Crippen LogP contribution in [0.5, 0.6) is 0 Å². The summed E-state index contributed by atoms with van der Waals surface area (Å²) in [7, 11) is 0. The standard InChI is InChI=1S/C19H17F2N3O/c20-15-5-3-4-14(12-15)19(25)24-10-8-23(9-11-24)18(13-22)16-6-1-2-7-17(16)21/h1-7,12,18H,8-11H2. The number of amides is 1. The molecule has 1 saturated heterocycles. The Bertz CT molecular complexity index is 810. The van der Waals surface area contributed by atoms with Crippen molar-refractivity contribution in [2.75, 3.05) is 26.2 Å². The summed E-state index contributed by atoms with van der Waals surface area (Å²) in [4.78, 5) is 15.9. The first-order valence-corrected chi connectivity index (χ1v) is 8.03. The van der Waals surface area contributed by atoms with Crippen LogP contribution in [0.15, 0.2) is 48.5 Å². The maximum Gasteiger partial charge on any atom is 0.254 e. The SMILES string of the molecule is N#CC(c1ccccc1F)N1CCN(C(=O)c2cccc(F)c2)CC1. The average Bonchev–Trinajstić information content (AvgIpc) is 2.64. The number of benzene rings is 2. The summed E-state index contributed by atoms with van der Waals surface area (Å²) >= 11 is 0. The number of nitriles is 1. The highest BCUT2D eigenvalue weighted by Crippen LogP contribution is 2.24. The first-order valence-electron chi connectivity index (χ1n) is 8.03. The van der Waals surface area contributed by atoms with Gasteiger partial charge in [0.05, 0.1) is 6.07 Å². The van der Waals surface area contributed by atoms with Crippen molar-refractivity contribution >= 4 is 5.91 Å². The zero-order chi connectivity index (χ0) is 17.8. The van der Waals surface area contributed by atoms with Gasteiger partial charge in [0.1, 0.15) is 17.7 Å². The Morgan fingerprint density at radius 1 is 1.04 bits per heavy atom. The fourth-order valence-corrected chi connectivity index (χ4v) is 3.03. The van der Waals surface area contributed by atoms with Crippen LogP contribution in [-0.2, 0) is 0 Å². The highest BCUT2D eigenvalue weighted by molar-refractivity contribution is 5.94. The maximum atomic E-state index is 14.0. The molecule has 2 aromatic rings. The van der Waals surface area contributed by atoms with E-state index >= 15 is 0 Å². The number of hydrogen-bond acceptors (Lipinski definition) is 3. The molecule has 2 aromatic carbocycles. The quantitative estimate of drug-likeness (QED) is 0.862. The van der Waals surface area contributed by atoms with Gasteiger partial charge in [0.25, 0.3) is 5.91 Å². The van der Waals surface area contributed by atoms with E-state index in [0.717, 1.165) is 0 Å². The van der Waals surface area contributed by atoms with Crippen LogP contribution in [0.2, 0.25) is 0 Å². The van der Waals surface area contributed by atoms with Crippen molar-refractivity contribution in [1.82, 2.24) is 9.80 Å². The van der Waals surface area contributed by atoms with Gasteiger partial charge >= 0.3 is 0 Å². The van der Waals surface area contributed by atoms with Crippen LogP contribution in [0.3, 0.4) is 0 Å². The van der Waals surface area contributed by atoms with Crippen molar-refractivity contribution in [3.05, 3.63) is 71.3 Å². The molecule has 25 heavy (non-hydrogen) atoms. The van der Waals surface area contributed by atoms with E-state index in [1.807, 2.05) is 4.90 Å². The summed E-state index contributed by atoms with van der Waals surface area (Å²) in [6.07, 6.45) is 0. The van der Waals surface area contributed by atoms with Crippen molar-refractivity contribution in [1.29, 1.82) is 5.26 Å². The van der Waals surface area contributed by atoms with E-state index in [-0.39, 0.29) is 5.91 Å². The van der Waals surface area contributed by atoms with Crippen molar-refractivity contribution in [2.24, 2.45) is 0 Å². The molecule has 1 heterocycles. The molecule has 1 fully saturated rings. The molecule has 3 rings (SSSR count). The minimum absolute atomic E-state index is 0.237. The van der Waals surface area contributed by atoms with Gasteiger partial charge in [0.15, 0.2) is 0 Å². The number of nitrogens with zero attached hydrogens (tertiary/aromatic N) is 3. The van der Waals surface area contributed by atoms with E-state index in [4.69, 9.17) is 0 Å². The van der Waals surface area contributed by atoms with Crippen LogP contribution in [0.4, 0.5) is 8.78 Å². The largest absolute Gasteiger partial charge is 0.336 e. The summed E-state index contributed by atoms with van der Waals surface area (Å²) in [6, 6.07) is 13.3. The molecule has 6 heteroatoms. The lowest BCUT2D eigenvalue weighted by Gasteiger charge is -2.37. The third-order valence-electron chi connectivity index (χ3n) is 4.36. The number of carbonyl (C=O) groups excluding carboxylic acids is 1. The lowest BCUT2D eigenvalue weighted by Crippen LogP contribution is -2.49. The molecular formula is C19H17F2N3O. The Morgan fingerprint density at radius 3 is 2.40 bits per heavy atom. The topological polar surface area (TPSA) is 47.3 Å². The monoisotopic (exact) mass is 341 g/mol. The Hall–Kier alpha value is -2.78. The summed E-state index contributed by atoms with van der Waals surface area (Å²) < 4.78 is 27.3. The summed E-state index contributed by atoms with van der Waals surface area (Å²) in [6.45, 7) is 1.71. The van der Waals surface area contributed by atoms with Gasteiger partial charge in [-0.2, -0.15) is 5.26 Å². The average molecular weight is 341 g/mol. The van der Waals surface area contributed by atoms with E-state index in [2.05, 4.69) is 6.07 Å². The molecule has 0 bridgehead atoms. The number of carbonyl (C=O) groups is 1. The van der Waals surface area contributed by atoms with Crippen LogP contribution in [0, 0.1) is 23.0 Å². The second-order valence-corrected chi connectivity index (χ2v) is 5.89. The van der Waals surface area contributed by atoms with E-state index in [9.17, 15) is 18.8 Å². The fraction of sp³-hybridized carbons (Fsp3) is 0.263. The molecule has 1 aliphatic rings. The smallest absolute Gasteiger partial charge is 0.254 e. The lowest BCUT2D eigenvalue weighted by atomic mass is 10.0. The minimum Gasteiger partial charge on any atom is -0.336 e. The molecule has 1 amide bonds. The molecule has 0 saturated carbocycles. The third kappa shape index (κ3) is 3.67. The normalized spacial score (nSPS) is 16.3. The Morgan fingerprint density at radius 2 is 1.76 bits per heavy atom. The van der Waals surface area contributed by atoms with Gasteiger partial charge in [-0.05, 0) is 24.3 Å². The van der Waals surface area contributed by atoms with Crippen molar-refractivity contribution in [3.8, 4) is 6.07 Å². The number of hydrogen-bond donors (Lipinski definition) is 0. The molecule has 128 valence electrons. The van der Waals surface area contributed by atoms with Crippen molar-refractivity contribution in [3.63, 3.8) is 0 Å². The van der Waals surface area contributed by atoms with Crippen LogP contribution < -0.4 is 0 Å². The number of rotatable bonds is 3. The van der Waals surface area contributed by atoms with Gasteiger partial charge in [0, 0.05) is 37.3 Å². The Balaban J connectivity index is 1.68. The highest BCUT2D eigenvalue weighted by atomic mass is 19.1. The van der Waals surface area contributed by atoms with Gasteiger partial charge in [-0.3, -0.25) is 9.69 Å². The first-order chi connectivity index (χ1) is 12.1. The van der Waals surface area contributed by atoms with E-state index in [1.54, 1.807) is 29.2 Å². The summed E-state index contributed by atoms with van der Waals surface area (Å²) in [5, 5.41) is 9.46. The van der Waals surface area contributed by atoms with Crippen LogP contribution in [-0.4, -0.2) is 41.9 Å². The summed E-state index contributed by atoms with van der Waals surface area (Å²) in [5.74, 6) is -1.10. The zero-order valence-electron chi connectivity index (χ0n) is 13.5. The number of piperazine rings is 1. The van der Waals surface area contributed by atoms with E-state index < -0.39 is 17.7 Å². The molecule has 4 nitrogen and oxygen atoms in total. The van der Waals surface area contributed by atoms with E-state index in [1.165, 1.54) is 24.3 Å². The zero-order valence-corrected chi connectivity index (χ0v) is 13.5. The van der Waals surface area contributed by atoms with E-state index in [0.29, 0.717) is 37.3 Å². The molecule has 0 aliphatic carbocycles.